The van der Waals surface area contributed by atoms with Crippen LogP contribution in [-0.2, 0) is 4.84 Å². The molecule has 0 aliphatic rings. The first kappa shape index (κ1) is 6.80. The lowest BCUT2D eigenvalue weighted by Crippen LogP contribution is -2.47. The van der Waals surface area contributed by atoms with Crippen LogP contribution in [0.5, 0.6) is 0 Å². The molecule has 0 heterocycles. The molecule has 5 N–H and O–H groups in total. The number of nitrogens with two attached hydrogens (primary N) is 2. The van der Waals surface area contributed by atoms with Crippen molar-refractivity contribution in [2.45, 2.75) is 6.92 Å². The molecule has 5 nitrogen and oxygen atoms in total. The average Bonchev–Trinajstić information content (AvgIpc) is 1.68. The smallest absolute Gasteiger partial charge is 0.0689 e. The van der Waals surface area contributed by atoms with Crippen molar-refractivity contribution < 1.29 is 4.84 Å². The van der Waals surface area contributed by atoms with Crippen molar-refractivity contribution in [2.24, 2.45) is 11.7 Å². The maximum Gasteiger partial charge on any atom is 0.0689 e. The molecule has 0 bridgehead atoms. The molecule has 0 aromatic heterocycles. The van der Waals surface area contributed by atoms with E-state index in [0.717, 1.165) is 5.28 Å². The molecule has 0 saturated carbocycles. The van der Waals surface area contributed by atoms with Crippen LogP contribution in [0.3, 0.4) is 0 Å². The van der Waals surface area contributed by atoms with Crippen molar-refractivity contribution in [3.8, 4) is 0 Å². The van der Waals surface area contributed by atoms with Crippen LogP contribution < -0.4 is 17.2 Å². The minimum atomic E-state index is 0.501. The van der Waals surface area contributed by atoms with Crippen molar-refractivity contribution in [2.75, 3.05) is 6.61 Å². The van der Waals surface area contributed by atoms with Gasteiger partial charge in [0, 0.05) is 0 Å². The Morgan fingerprint density at radius 3 is 2.57 bits per heavy atom. The minimum Gasteiger partial charge on any atom is -0.269 e. The lowest BCUT2D eigenvalue weighted by atomic mass is 10.9. The molecule has 7 heavy (non-hydrogen) atoms. The Morgan fingerprint density at radius 2 is 2.43 bits per heavy atom. The summed E-state index contributed by atoms with van der Waals surface area (Å²) in [7, 11) is 0. The summed E-state index contributed by atoms with van der Waals surface area (Å²) in [6.45, 7) is 2.30. The lowest BCUT2D eigenvalue weighted by molar-refractivity contribution is -0.195. The Morgan fingerprint density at radius 1 is 1.86 bits per heavy atom. The molecule has 0 spiro atoms. The zero-order chi connectivity index (χ0) is 5.70. The molecule has 0 aliphatic carbocycles. The number of rotatable bonds is 3. The molecule has 0 radical (unpaired) electrons. The number of hydrogen-bond acceptors (Lipinski definition) is 5. The molecule has 0 aromatic rings. The first-order valence-electron chi connectivity index (χ1n) is 1.95. The fraction of sp³-hybridized carbons (Fsp3) is 1.00. The van der Waals surface area contributed by atoms with Crippen LogP contribution in [-0.4, -0.2) is 11.9 Å². The van der Waals surface area contributed by atoms with E-state index in [2.05, 4.69) is 10.4 Å². The van der Waals surface area contributed by atoms with E-state index in [1.165, 1.54) is 0 Å². The number of nitrogens with one attached hydrogen (secondary N) is 1. The number of hydrogen-bond donors (Lipinski definition) is 3. The summed E-state index contributed by atoms with van der Waals surface area (Å²) in [5, 5.41) is 0.833. The van der Waals surface area contributed by atoms with Crippen LogP contribution >= 0.6 is 0 Å². The van der Waals surface area contributed by atoms with Gasteiger partial charge >= 0.3 is 0 Å². The van der Waals surface area contributed by atoms with E-state index < -0.39 is 0 Å². The normalized spacial score (nSPS) is 10.3. The zero-order valence-electron chi connectivity index (χ0n) is 4.22. The third-order valence-corrected chi connectivity index (χ3v) is 0.395. The van der Waals surface area contributed by atoms with Crippen LogP contribution in [0.2, 0.25) is 0 Å². The molecule has 5 heteroatoms. The van der Waals surface area contributed by atoms with Gasteiger partial charge in [0.05, 0.1) is 6.61 Å². The number of hydrazine groups is 3. The van der Waals surface area contributed by atoms with E-state index in [0.29, 0.717) is 6.61 Å². The summed E-state index contributed by atoms with van der Waals surface area (Å²) in [6.07, 6.45) is 0. The van der Waals surface area contributed by atoms with Crippen LogP contribution in [0.15, 0.2) is 0 Å². The minimum absolute atomic E-state index is 0.501. The quantitative estimate of drug-likeness (QED) is 0.301. The van der Waals surface area contributed by atoms with Crippen molar-refractivity contribution in [1.82, 2.24) is 10.8 Å². The van der Waals surface area contributed by atoms with Crippen LogP contribution in [0.4, 0.5) is 0 Å². The maximum absolute atomic E-state index is 4.96. The van der Waals surface area contributed by atoms with Crippen molar-refractivity contribution in [1.29, 1.82) is 0 Å². The van der Waals surface area contributed by atoms with Gasteiger partial charge in [-0.15, -0.1) is 0 Å². The molecule has 0 atom stereocenters. The maximum atomic E-state index is 4.96. The van der Waals surface area contributed by atoms with E-state index in [1.54, 1.807) is 6.92 Å². The Labute approximate surface area is 42.1 Å². The van der Waals surface area contributed by atoms with Crippen molar-refractivity contribution in [3.05, 3.63) is 0 Å². The molecule has 0 amide bonds. The van der Waals surface area contributed by atoms with Gasteiger partial charge in [0.1, 0.15) is 0 Å². The molecule has 0 aromatic carbocycles. The summed E-state index contributed by atoms with van der Waals surface area (Å²) >= 11 is 0. The van der Waals surface area contributed by atoms with Crippen LogP contribution in [0.25, 0.3) is 0 Å². The van der Waals surface area contributed by atoms with E-state index >= 15 is 0 Å². The van der Waals surface area contributed by atoms with E-state index in [1.807, 2.05) is 0 Å². The van der Waals surface area contributed by atoms with Gasteiger partial charge in [-0.3, -0.25) is 10.7 Å². The summed E-state index contributed by atoms with van der Waals surface area (Å²) in [5.74, 6) is 9.74. The average molecular weight is 106 g/mol. The Balaban J connectivity index is 2.83. The highest BCUT2D eigenvalue weighted by molar-refractivity contribution is 4.01. The van der Waals surface area contributed by atoms with Gasteiger partial charge in [-0.05, 0) is 12.2 Å². The van der Waals surface area contributed by atoms with Crippen LogP contribution in [0.1, 0.15) is 6.92 Å². The molecule has 0 fully saturated rings. The Kier molecular flexibility index (Phi) is 3.86. The van der Waals surface area contributed by atoms with Gasteiger partial charge in [0.25, 0.3) is 0 Å². The molecular formula is C2H10N4O. The monoisotopic (exact) mass is 106 g/mol. The van der Waals surface area contributed by atoms with Gasteiger partial charge in [-0.25, -0.2) is 5.84 Å². The van der Waals surface area contributed by atoms with E-state index in [9.17, 15) is 0 Å². The molecular weight excluding hydrogens is 96.0 g/mol. The molecule has 0 aliphatic heterocycles. The first-order chi connectivity index (χ1) is 3.31. The fourth-order valence-corrected chi connectivity index (χ4v) is 0.176. The molecule has 44 valence electrons. The van der Waals surface area contributed by atoms with Gasteiger partial charge in [0.2, 0.25) is 0 Å². The second-order valence-electron chi connectivity index (χ2n) is 0.873. The molecule has 0 rings (SSSR count). The van der Waals surface area contributed by atoms with Crippen LogP contribution in [0, 0.1) is 0 Å². The van der Waals surface area contributed by atoms with Gasteiger partial charge < -0.3 is 0 Å². The van der Waals surface area contributed by atoms with Crippen molar-refractivity contribution in [3.63, 3.8) is 0 Å². The highest BCUT2D eigenvalue weighted by atomic mass is 16.7. The van der Waals surface area contributed by atoms with Gasteiger partial charge in [-0.2, -0.15) is 5.53 Å². The lowest BCUT2D eigenvalue weighted by Gasteiger charge is -2.10. The second-order valence-corrected chi connectivity index (χ2v) is 0.873. The molecule has 0 unspecified atom stereocenters. The van der Waals surface area contributed by atoms with E-state index in [4.69, 9.17) is 11.7 Å². The zero-order valence-corrected chi connectivity index (χ0v) is 4.22. The summed E-state index contributed by atoms with van der Waals surface area (Å²) in [5.41, 5.74) is 2.05. The topological polar surface area (TPSA) is 76.5 Å². The number of nitrogens with zero attached hydrogens (tertiary/aromatic N) is 1. The van der Waals surface area contributed by atoms with Gasteiger partial charge in [0.15, 0.2) is 0 Å². The molecule has 0 saturated heterocycles. The summed E-state index contributed by atoms with van der Waals surface area (Å²) in [4.78, 5) is 4.57. The highest BCUT2D eigenvalue weighted by Gasteiger charge is 1.85. The standard InChI is InChI=1S/C2H10N4O/c1-2-7-6(4)5-3/h5H,2-4H2,1H3. The Bertz CT molecular complexity index is 40.7. The summed E-state index contributed by atoms with van der Waals surface area (Å²) in [6, 6.07) is 0. The van der Waals surface area contributed by atoms with Crippen molar-refractivity contribution >= 4 is 0 Å². The van der Waals surface area contributed by atoms with E-state index in [-0.39, 0.29) is 0 Å². The first-order valence-corrected chi connectivity index (χ1v) is 1.95. The van der Waals surface area contributed by atoms with Gasteiger partial charge in [-0.1, -0.05) is 0 Å². The fourth-order valence-electron chi connectivity index (χ4n) is 0.176. The second kappa shape index (κ2) is 3.97. The third-order valence-electron chi connectivity index (χ3n) is 0.395. The predicted octanol–water partition coefficient (Wildman–Crippen LogP) is -1.51. The highest BCUT2D eigenvalue weighted by Crippen LogP contribution is 1.67. The predicted molar refractivity (Wildman–Crippen MR) is 25.0 cm³/mol. The summed E-state index contributed by atoms with van der Waals surface area (Å²) < 4.78 is 0. The third kappa shape index (κ3) is 3.64. The SMILES string of the molecule is CCON(N)NN. The largest absolute Gasteiger partial charge is 0.269 e. The Hall–Kier alpha value is -0.200.